The molecular weight excluding hydrogens is 234 g/mol. The molecule has 0 aromatic heterocycles. The Morgan fingerprint density at radius 1 is 1.31 bits per heavy atom. The number of ether oxygens (including phenoxy) is 1. The summed E-state index contributed by atoms with van der Waals surface area (Å²) in [6.07, 6.45) is 1.01. The second kappa shape index (κ2) is 5.29. The van der Waals surface area contributed by atoms with Crippen LogP contribution < -0.4 is 5.32 Å². The largest absolute Gasteiger partial charge is 0.469 e. The molecule has 0 aromatic carbocycles. The molecule has 1 N–H and O–H groups in total. The molecule has 0 bridgehead atoms. The quantitative estimate of drug-likeness (QED) is 0.665. The first-order valence-corrected chi connectivity index (χ1v) is 6.56. The van der Waals surface area contributed by atoms with E-state index in [2.05, 4.69) is 10.1 Å². The Bertz CT molecular complexity index is 371. The Labute approximate surface area is 95.3 Å². The van der Waals surface area contributed by atoms with Crippen LogP contribution >= 0.6 is 0 Å². The van der Waals surface area contributed by atoms with Crippen LogP contribution in [0.5, 0.6) is 0 Å². The Morgan fingerprint density at radius 3 is 2.19 bits per heavy atom. The number of rotatable bonds is 5. The van der Waals surface area contributed by atoms with E-state index in [4.69, 9.17) is 0 Å². The van der Waals surface area contributed by atoms with Crippen LogP contribution in [0.4, 0.5) is 0 Å². The van der Waals surface area contributed by atoms with E-state index >= 15 is 0 Å². The molecule has 16 heavy (non-hydrogen) atoms. The van der Waals surface area contributed by atoms with Crippen LogP contribution in [-0.2, 0) is 24.2 Å². The highest BCUT2D eigenvalue weighted by Gasteiger charge is 2.38. The van der Waals surface area contributed by atoms with E-state index in [0.29, 0.717) is 0 Å². The fraction of sp³-hybridized carbons (Fsp3) is 0.778. The van der Waals surface area contributed by atoms with E-state index in [-0.39, 0.29) is 13.0 Å². The number of carbonyl (C=O) groups excluding carboxylic acids is 2. The highest BCUT2D eigenvalue weighted by Crippen LogP contribution is 2.14. The van der Waals surface area contributed by atoms with E-state index < -0.39 is 26.5 Å². The smallest absolute Gasteiger partial charge is 0.307 e. The summed E-state index contributed by atoms with van der Waals surface area (Å²) in [5.41, 5.74) is 0. The van der Waals surface area contributed by atoms with Crippen molar-refractivity contribution >= 4 is 21.7 Å². The average Bonchev–Trinajstić information content (AvgIpc) is 2.15. The highest BCUT2D eigenvalue weighted by atomic mass is 32.2. The van der Waals surface area contributed by atoms with E-state index in [1.807, 2.05) is 0 Å². The van der Waals surface area contributed by atoms with Crippen LogP contribution in [0.3, 0.4) is 0 Å². The lowest BCUT2D eigenvalue weighted by molar-refractivity contribution is -0.140. The zero-order valence-corrected chi connectivity index (χ0v) is 10.7. The van der Waals surface area contributed by atoms with Gasteiger partial charge >= 0.3 is 5.97 Å². The predicted molar refractivity (Wildman–Crippen MR) is 58.6 cm³/mol. The van der Waals surface area contributed by atoms with Crippen LogP contribution in [0.1, 0.15) is 20.3 Å². The Kier molecular flexibility index (Phi) is 4.92. The number of hydrogen-bond donors (Lipinski definition) is 1. The summed E-state index contributed by atoms with van der Waals surface area (Å²) in [5, 5.41) is 2.38. The number of carbonyl (C=O) groups is 2. The van der Waals surface area contributed by atoms with Gasteiger partial charge in [-0.1, -0.05) is 0 Å². The number of hydrogen-bond acceptors (Lipinski definition) is 5. The van der Waals surface area contributed by atoms with Crippen molar-refractivity contribution in [1.29, 1.82) is 0 Å². The van der Waals surface area contributed by atoms with Crippen LogP contribution in [0, 0.1) is 0 Å². The summed E-state index contributed by atoms with van der Waals surface area (Å²) in [5.74, 6) is -1.09. The van der Waals surface area contributed by atoms with Crippen LogP contribution in [0.15, 0.2) is 0 Å². The molecule has 0 heterocycles. The molecule has 0 saturated heterocycles. The molecule has 0 unspecified atom stereocenters. The number of sulfone groups is 1. The summed E-state index contributed by atoms with van der Waals surface area (Å²) in [7, 11) is -2.25. The predicted octanol–water partition coefficient (Wildman–Crippen LogP) is -0.511. The van der Waals surface area contributed by atoms with Gasteiger partial charge in [0.2, 0.25) is 5.91 Å². The molecule has 0 aliphatic carbocycles. The zero-order chi connectivity index (χ0) is 13.0. The topological polar surface area (TPSA) is 89.5 Å². The van der Waals surface area contributed by atoms with Gasteiger partial charge in [0.15, 0.2) is 9.84 Å². The van der Waals surface area contributed by atoms with Gasteiger partial charge in [0.1, 0.15) is 4.75 Å². The van der Waals surface area contributed by atoms with E-state index in [0.717, 1.165) is 6.26 Å². The monoisotopic (exact) mass is 251 g/mol. The van der Waals surface area contributed by atoms with Crippen molar-refractivity contribution in [2.45, 2.75) is 25.0 Å². The van der Waals surface area contributed by atoms with Crippen molar-refractivity contribution in [3.05, 3.63) is 0 Å². The first-order valence-electron chi connectivity index (χ1n) is 4.67. The van der Waals surface area contributed by atoms with E-state index in [1.54, 1.807) is 0 Å². The molecule has 1 amide bonds. The third kappa shape index (κ3) is 3.80. The standard InChI is InChI=1S/C9H17NO5S/c1-9(2,16(4,13)14)8(12)10-6-5-7(11)15-3/h5-6H2,1-4H3,(H,10,12). The highest BCUT2D eigenvalue weighted by molar-refractivity contribution is 7.92. The van der Waals surface area contributed by atoms with Crippen molar-refractivity contribution in [2.24, 2.45) is 0 Å². The van der Waals surface area contributed by atoms with Gasteiger partial charge in [-0.05, 0) is 13.8 Å². The Morgan fingerprint density at radius 2 is 1.81 bits per heavy atom. The molecule has 0 radical (unpaired) electrons. The van der Waals surface area contributed by atoms with Gasteiger partial charge in [-0.25, -0.2) is 8.42 Å². The molecular formula is C9H17NO5S. The molecule has 0 fully saturated rings. The summed E-state index contributed by atoms with van der Waals surface area (Å²) in [6, 6.07) is 0. The summed E-state index contributed by atoms with van der Waals surface area (Å²) >= 11 is 0. The Balaban J connectivity index is 4.33. The van der Waals surface area contributed by atoms with Gasteiger partial charge in [0.05, 0.1) is 13.5 Å². The lowest BCUT2D eigenvalue weighted by Crippen LogP contribution is -2.48. The van der Waals surface area contributed by atoms with Crippen molar-refractivity contribution in [1.82, 2.24) is 5.32 Å². The number of esters is 1. The fourth-order valence-corrected chi connectivity index (χ4v) is 1.17. The van der Waals surface area contributed by atoms with Crippen LogP contribution in [0.2, 0.25) is 0 Å². The Hall–Kier alpha value is -1.11. The zero-order valence-electron chi connectivity index (χ0n) is 9.86. The number of amides is 1. The molecule has 0 spiro atoms. The molecule has 6 nitrogen and oxygen atoms in total. The summed E-state index contributed by atoms with van der Waals surface area (Å²) < 4.78 is 25.5. The van der Waals surface area contributed by atoms with Gasteiger partial charge in [-0.15, -0.1) is 0 Å². The van der Waals surface area contributed by atoms with E-state index in [9.17, 15) is 18.0 Å². The molecule has 0 aliphatic heterocycles. The second-order valence-electron chi connectivity index (χ2n) is 3.86. The number of nitrogens with one attached hydrogen (secondary N) is 1. The first kappa shape index (κ1) is 14.9. The molecule has 94 valence electrons. The minimum absolute atomic E-state index is 0.0160. The minimum atomic E-state index is -3.49. The maximum atomic E-state index is 11.5. The third-order valence-electron chi connectivity index (χ3n) is 2.32. The molecule has 0 saturated carbocycles. The molecule has 0 atom stereocenters. The molecule has 7 heteroatoms. The first-order chi connectivity index (χ1) is 7.13. The van der Waals surface area contributed by atoms with Crippen LogP contribution in [0.25, 0.3) is 0 Å². The van der Waals surface area contributed by atoms with Gasteiger partial charge < -0.3 is 10.1 Å². The van der Waals surface area contributed by atoms with Crippen molar-refractivity contribution < 1.29 is 22.7 Å². The van der Waals surface area contributed by atoms with Crippen molar-refractivity contribution in [2.75, 3.05) is 19.9 Å². The third-order valence-corrected chi connectivity index (χ3v) is 4.36. The lowest BCUT2D eigenvalue weighted by Gasteiger charge is -2.21. The van der Waals surface area contributed by atoms with E-state index in [1.165, 1.54) is 21.0 Å². The summed E-state index contributed by atoms with van der Waals surface area (Å²) in [6.45, 7) is 2.69. The maximum absolute atomic E-state index is 11.5. The summed E-state index contributed by atoms with van der Waals surface area (Å²) in [4.78, 5) is 22.3. The normalized spacial score (nSPS) is 12.0. The molecule has 0 rings (SSSR count). The van der Waals surface area contributed by atoms with Crippen molar-refractivity contribution in [3.8, 4) is 0 Å². The van der Waals surface area contributed by atoms with Crippen LogP contribution in [-0.4, -0.2) is 45.0 Å². The van der Waals surface area contributed by atoms with Gasteiger partial charge in [-0.2, -0.15) is 0 Å². The molecule has 0 aliphatic rings. The SMILES string of the molecule is COC(=O)CCNC(=O)C(C)(C)S(C)(=O)=O. The van der Waals surface area contributed by atoms with Gasteiger partial charge in [0, 0.05) is 12.8 Å². The van der Waals surface area contributed by atoms with Gasteiger partial charge in [0.25, 0.3) is 0 Å². The average molecular weight is 251 g/mol. The van der Waals surface area contributed by atoms with Gasteiger partial charge in [-0.3, -0.25) is 9.59 Å². The number of methoxy groups -OCH3 is 1. The minimum Gasteiger partial charge on any atom is -0.469 e. The van der Waals surface area contributed by atoms with Crippen molar-refractivity contribution in [3.63, 3.8) is 0 Å². The maximum Gasteiger partial charge on any atom is 0.307 e. The lowest BCUT2D eigenvalue weighted by atomic mass is 10.2. The fourth-order valence-electron chi connectivity index (χ4n) is 0.761. The second-order valence-corrected chi connectivity index (χ2v) is 6.43. The molecule has 0 aromatic rings.